The molecule has 1 amide bonds. The van der Waals surface area contributed by atoms with Crippen molar-refractivity contribution >= 4 is 5.91 Å². The number of amides is 1. The molecule has 1 N–H and O–H groups in total. The molecule has 1 aromatic carbocycles. The number of rotatable bonds is 6. The van der Waals surface area contributed by atoms with E-state index in [1.54, 1.807) is 31.3 Å². The van der Waals surface area contributed by atoms with Crippen LogP contribution in [0.3, 0.4) is 0 Å². The van der Waals surface area contributed by atoms with Gasteiger partial charge in [-0.2, -0.15) is 0 Å². The number of hydrogen-bond acceptors (Lipinski definition) is 4. The monoisotopic (exact) mass is 253 g/mol. The van der Waals surface area contributed by atoms with Crippen LogP contribution in [0, 0.1) is 0 Å². The maximum absolute atomic E-state index is 12.2. The highest BCUT2D eigenvalue weighted by molar-refractivity contribution is 5.96. The van der Waals surface area contributed by atoms with Crippen molar-refractivity contribution in [3.63, 3.8) is 0 Å². The molecule has 0 bridgehead atoms. The fraction of sp³-hybridized carbons (Fsp3) is 0.462. The molecule has 0 aliphatic heterocycles. The van der Waals surface area contributed by atoms with Gasteiger partial charge in [-0.15, -0.1) is 0 Å². The summed E-state index contributed by atoms with van der Waals surface area (Å²) in [6.45, 7) is 0.411. The molecule has 5 nitrogen and oxygen atoms in total. The highest BCUT2D eigenvalue weighted by Gasteiger charge is 2.18. The van der Waals surface area contributed by atoms with Crippen molar-refractivity contribution in [3.05, 3.63) is 29.8 Å². The number of aliphatic hydroxyl groups excluding tert-OH is 1. The lowest BCUT2D eigenvalue weighted by molar-refractivity contribution is 0.0379. The van der Waals surface area contributed by atoms with Crippen LogP contribution in [-0.4, -0.2) is 56.4 Å². The highest BCUT2D eigenvalue weighted by Crippen LogP contribution is 2.18. The van der Waals surface area contributed by atoms with Crippen molar-refractivity contribution in [1.82, 2.24) is 4.90 Å². The van der Waals surface area contributed by atoms with Gasteiger partial charge in [-0.05, 0) is 12.1 Å². The van der Waals surface area contributed by atoms with Gasteiger partial charge in [0, 0.05) is 20.7 Å². The number of hydrogen-bond donors (Lipinski definition) is 1. The predicted octanol–water partition coefficient (Wildman–Crippen LogP) is 0.774. The first kappa shape index (κ1) is 14.5. The molecule has 18 heavy (non-hydrogen) atoms. The van der Waals surface area contributed by atoms with E-state index in [1.807, 2.05) is 0 Å². The topological polar surface area (TPSA) is 59.0 Å². The lowest BCUT2D eigenvalue weighted by Crippen LogP contribution is -2.36. The normalized spacial score (nSPS) is 12.0. The molecule has 1 atom stereocenters. The molecule has 0 aliphatic carbocycles. The van der Waals surface area contributed by atoms with Gasteiger partial charge in [-0.3, -0.25) is 4.79 Å². The summed E-state index contributed by atoms with van der Waals surface area (Å²) in [6.07, 6.45) is -0.696. The van der Waals surface area contributed by atoms with Gasteiger partial charge >= 0.3 is 0 Å². The molecular formula is C13H19NO4. The average molecular weight is 253 g/mol. The third kappa shape index (κ3) is 3.72. The summed E-state index contributed by atoms with van der Waals surface area (Å²) in [4.78, 5) is 13.6. The van der Waals surface area contributed by atoms with E-state index >= 15 is 0 Å². The molecule has 1 aromatic rings. The number of para-hydroxylation sites is 1. The predicted molar refractivity (Wildman–Crippen MR) is 67.8 cm³/mol. The van der Waals surface area contributed by atoms with E-state index in [-0.39, 0.29) is 19.1 Å². The molecule has 0 radical (unpaired) electrons. The van der Waals surface area contributed by atoms with Gasteiger partial charge in [0.25, 0.3) is 5.91 Å². The number of carbonyl (C=O) groups is 1. The largest absolute Gasteiger partial charge is 0.496 e. The Balaban J connectivity index is 2.74. The summed E-state index contributed by atoms with van der Waals surface area (Å²) in [5, 5.41) is 9.59. The van der Waals surface area contributed by atoms with Crippen LogP contribution >= 0.6 is 0 Å². The molecule has 0 saturated carbocycles. The first-order valence-electron chi connectivity index (χ1n) is 5.65. The number of methoxy groups -OCH3 is 2. The zero-order chi connectivity index (χ0) is 13.5. The summed E-state index contributed by atoms with van der Waals surface area (Å²) in [7, 11) is 4.66. The van der Waals surface area contributed by atoms with E-state index in [0.29, 0.717) is 11.3 Å². The third-order valence-electron chi connectivity index (χ3n) is 2.53. The molecule has 0 heterocycles. The zero-order valence-corrected chi connectivity index (χ0v) is 10.9. The fourth-order valence-electron chi connectivity index (χ4n) is 1.67. The van der Waals surface area contributed by atoms with Gasteiger partial charge in [0.15, 0.2) is 0 Å². The molecule has 1 unspecified atom stereocenters. The van der Waals surface area contributed by atoms with Gasteiger partial charge < -0.3 is 19.5 Å². The first-order chi connectivity index (χ1) is 8.60. The van der Waals surface area contributed by atoms with Crippen molar-refractivity contribution in [1.29, 1.82) is 0 Å². The molecule has 100 valence electrons. The van der Waals surface area contributed by atoms with E-state index in [9.17, 15) is 9.90 Å². The Morgan fingerprint density at radius 3 is 2.67 bits per heavy atom. The van der Waals surface area contributed by atoms with Crippen molar-refractivity contribution in [2.45, 2.75) is 6.10 Å². The summed E-state index contributed by atoms with van der Waals surface area (Å²) >= 11 is 0. The zero-order valence-electron chi connectivity index (χ0n) is 10.9. The Hall–Kier alpha value is -1.59. The van der Waals surface area contributed by atoms with Crippen molar-refractivity contribution in [2.75, 3.05) is 34.4 Å². The number of ether oxygens (including phenoxy) is 2. The van der Waals surface area contributed by atoms with Crippen LogP contribution in [0.2, 0.25) is 0 Å². The van der Waals surface area contributed by atoms with Crippen molar-refractivity contribution in [2.24, 2.45) is 0 Å². The van der Waals surface area contributed by atoms with Gasteiger partial charge in [0.05, 0.1) is 25.4 Å². The van der Waals surface area contributed by atoms with E-state index in [1.165, 1.54) is 19.1 Å². The number of nitrogens with zero attached hydrogens (tertiary/aromatic N) is 1. The third-order valence-corrected chi connectivity index (χ3v) is 2.53. The van der Waals surface area contributed by atoms with E-state index in [2.05, 4.69) is 0 Å². The minimum Gasteiger partial charge on any atom is -0.496 e. The molecule has 0 aliphatic rings. The number of aliphatic hydroxyl groups is 1. The van der Waals surface area contributed by atoms with Gasteiger partial charge in [-0.1, -0.05) is 12.1 Å². The molecule has 1 rings (SSSR count). The van der Waals surface area contributed by atoms with E-state index in [4.69, 9.17) is 9.47 Å². The second-order valence-corrected chi connectivity index (χ2v) is 4.00. The summed E-state index contributed by atoms with van der Waals surface area (Å²) in [5.74, 6) is 0.332. The molecule has 0 aromatic heterocycles. The maximum atomic E-state index is 12.2. The Morgan fingerprint density at radius 2 is 2.06 bits per heavy atom. The Bertz CT molecular complexity index is 394. The molecule has 0 saturated heterocycles. The van der Waals surface area contributed by atoms with Crippen LogP contribution in [0.5, 0.6) is 5.75 Å². The van der Waals surface area contributed by atoms with Gasteiger partial charge in [0.2, 0.25) is 0 Å². The van der Waals surface area contributed by atoms with Gasteiger partial charge in [0.1, 0.15) is 5.75 Å². The van der Waals surface area contributed by atoms with Crippen LogP contribution in [0.4, 0.5) is 0 Å². The van der Waals surface area contributed by atoms with Crippen molar-refractivity contribution < 1.29 is 19.4 Å². The van der Waals surface area contributed by atoms with E-state index in [0.717, 1.165) is 0 Å². The SMILES string of the molecule is COCC(O)CN(C)C(=O)c1ccccc1OC. The lowest BCUT2D eigenvalue weighted by atomic mass is 10.1. The lowest BCUT2D eigenvalue weighted by Gasteiger charge is -2.21. The van der Waals surface area contributed by atoms with Crippen LogP contribution in [-0.2, 0) is 4.74 Å². The average Bonchev–Trinajstić information content (AvgIpc) is 2.38. The molecule has 5 heteroatoms. The molecular weight excluding hydrogens is 234 g/mol. The molecule has 0 spiro atoms. The Kier molecular flexibility index (Phi) is 5.61. The van der Waals surface area contributed by atoms with Crippen LogP contribution in [0.25, 0.3) is 0 Å². The highest BCUT2D eigenvalue weighted by atomic mass is 16.5. The second kappa shape index (κ2) is 6.98. The van der Waals surface area contributed by atoms with Gasteiger partial charge in [-0.25, -0.2) is 0 Å². The van der Waals surface area contributed by atoms with Crippen LogP contribution in [0.1, 0.15) is 10.4 Å². The fourth-order valence-corrected chi connectivity index (χ4v) is 1.67. The smallest absolute Gasteiger partial charge is 0.257 e. The Labute approximate surface area is 107 Å². The maximum Gasteiger partial charge on any atom is 0.257 e. The minimum absolute atomic E-state index is 0.192. The van der Waals surface area contributed by atoms with Crippen LogP contribution < -0.4 is 4.74 Å². The summed E-state index contributed by atoms with van der Waals surface area (Å²) in [6, 6.07) is 7.00. The summed E-state index contributed by atoms with van der Waals surface area (Å²) < 4.78 is 9.96. The van der Waals surface area contributed by atoms with E-state index < -0.39 is 6.10 Å². The second-order valence-electron chi connectivity index (χ2n) is 4.00. The standard InChI is InChI=1S/C13H19NO4/c1-14(8-10(15)9-17-2)13(16)11-6-4-5-7-12(11)18-3/h4-7,10,15H,8-9H2,1-3H3. The summed E-state index contributed by atoms with van der Waals surface area (Å²) in [5.41, 5.74) is 0.479. The van der Waals surface area contributed by atoms with Crippen LogP contribution in [0.15, 0.2) is 24.3 Å². The Morgan fingerprint density at radius 1 is 1.39 bits per heavy atom. The number of carbonyl (C=O) groups excluding carboxylic acids is 1. The first-order valence-corrected chi connectivity index (χ1v) is 5.65. The minimum atomic E-state index is -0.696. The van der Waals surface area contributed by atoms with Crippen molar-refractivity contribution in [3.8, 4) is 5.75 Å². The quantitative estimate of drug-likeness (QED) is 0.813. The number of likely N-dealkylation sites (N-methyl/N-ethyl adjacent to an activating group) is 1. The number of benzene rings is 1. The molecule has 0 fully saturated rings.